The maximum Gasteiger partial charge on any atom is 0.315 e. The molecule has 1 N–H and O–H groups in total. The van der Waals surface area contributed by atoms with E-state index in [1.165, 1.54) is 25.3 Å². The van der Waals surface area contributed by atoms with E-state index in [0.717, 1.165) is 0 Å². The van der Waals surface area contributed by atoms with E-state index in [-0.39, 0.29) is 17.7 Å². The van der Waals surface area contributed by atoms with Gasteiger partial charge in [-0.2, -0.15) is 5.26 Å². The molecule has 1 aromatic carbocycles. The van der Waals surface area contributed by atoms with Crippen molar-refractivity contribution < 1.29 is 14.3 Å². The Morgan fingerprint density at radius 1 is 1.31 bits per heavy atom. The molecule has 0 unspecified atom stereocenters. The van der Waals surface area contributed by atoms with Crippen molar-refractivity contribution >= 4 is 11.6 Å². The number of aromatic nitrogens is 3. The number of nitriles is 1. The largest absolute Gasteiger partial charge is 0.493 e. The van der Waals surface area contributed by atoms with E-state index in [0.29, 0.717) is 33.9 Å². The summed E-state index contributed by atoms with van der Waals surface area (Å²) in [6.45, 7) is 3.57. The molecule has 0 atom stereocenters. The van der Waals surface area contributed by atoms with Crippen molar-refractivity contribution in [2.75, 3.05) is 7.11 Å². The third-order valence-corrected chi connectivity index (χ3v) is 4.04. The lowest BCUT2D eigenvalue weighted by Gasteiger charge is -2.12. The summed E-state index contributed by atoms with van der Waals surface area (Å²) < 4.78 is 12.1. The number of hydrogen-bond acceptors (Lipinski definition) is 6. The lowest BCUT2D eigenvalue weighted by molar-refractivity contribution is -0.133. The van der Waals surface area contributed by atoms with Gasteiger partial charge in [0.1, 0.15) is 0 Å². The van der Waals surface area contributed by atoms with Gasteiger partial charge in [-0.15, -0.1) is 0 Å². The molecule has 8 nitrogen and oxygen atoms in total. The van der Waals surface area contributed by atoms with Gasteiger partial charge in [0.2, 0.25) is 0 Å². The topological polar surface area (TPSA) is 109 Å². The summed E-state index contributed by atoms with van der Waals surface area (Å²) in [5, 5.41) is 11.6. The number of ether oxygens (including phenoxy) is 2. The number of esters is 1. The fourth-order valence-electron chi connectivity index (χ4n) is 2.74. The molecule has 0 bridgehead atoms. The third-order valence-electron chi connectivity index (χ3n) is 4.04. The molecule has 0 amide bonds. The molecule has 0 radical (unpaired) electrons. The molecule has 0 saturated carbocycles. The van der Waals surface area contributed by atoms with Gasteiger partial charge in [-0.05, 0) is 26.0 Å². The molecule has 2 aromatic heterocycles. The standard InChI is InChI=1S/C18H16N4O4/c1-10-13(11(2)22-16(20-10)8-17(23)21-22)7-18(24)26-14-5-4-12(9-19)6-15(14)25-3/h4-6,8H,7H2,1-3H3,(H,21,23). The van der Waals surface area contributed by atoms with E-state index in [1.807, 2.05) is 6.07 Å². The molecule has 0 aliphatic heterocycles. The molecule has 0 spiro atoms. The molecule has 2 heterocycles. The Kier molecular flexibility index (Phi) is 4.45. The number of nitrogens with one attached hydrogen (secondary N) is 1. The van der Waals surface area contributed by atoms with Crippen LogP contribution in [0.2, 0.25) is 0 Å². The first-order valence-electron chi connectivity index (χ1n) is 7.79. The van der Waals surface area contributed by atoms with E-state index in [1.54, 1.807) is 24.4 Å². The summed E-state index contributed by atoms with van der Waals surface area (Å²) in [5.74, 6) is 0.0271. The van der Waals surface area contributed by atoms with Crippen LogP contribution in [0.4, 0.5) is 0 Å². The normalized spacial score (nSPS) is 10.5. The van der Waals surface area contributed by atoms with Crippen molar-refractivity contribution in [2.45, 2.75) is 20.3 Å². The highest BCUT2D eigenvalue weighted by molar-refractivity contribution is 5.76. The van der Waals surface area contributed by atoms with Gasteiger partial charge in [-0.1, -0.05) is 0 Å². The van der Waals surface area contributed by atoms with E-state index >= 15 is 0 Å². The van der Waals surface area contributed by atoms with Crippen LogP contribution in [0.25, 0.3) is 5.65 Å². The van der Waals surface area contributed by atoms with Gasteiger partial charge in [0.25, 0.3) is 5.56 Å². The molecule has 132 valence electrons. The maximum absolute atomic E-state index is 12.4. The fraction of sp³-hybridized carbons (Fsp3) is 0.222. The van der Waals surface area contributed by atoms with Gasteiger partial charge in [0, 0.05) is 29.1 Å². The number of carbonyl (C=O) groups excluding carboxylic acids is 1. The monoisotopic (exact) mass is 352 g/mol. The highest BCUT2D eigenvalue weighted by Crippen LogP contribution is 2.28. The van der Waals surface area contributed by atoms with Gasteiger partial charge in [0.15, 0.2) is 17.1 Å². The molecular formula is C18H16N4O4. The highest BCUT2D eigenvalue weighted by Gasteiger charge is 2.17. The van der Waals surface area contributed by atoms with Crippen LogP contribution in [0.3, 0.4) is 0 Å². The molecule has 26 heavy (non-hydrogen) atoms. The zero-order valence-electron chi connectivity index (χ0n) is 14.5. The Morgan fingerprint density at radius 2 is 2.08 bits per heavy atom. The Labute approximate surface area is 148 Å². The quantitative estimate of drug-likeness (QED) is 0.565. The van der Waals surface area contributed by atoms with Gasteiger partial charge >= 0.3 is 5.97 Å². The third kappa shape index (κ3) is 3.15. The second kappa shape index (κ2) is 6.72. The molecule has 8 heteroatoms. The van der Waals surface area contributed by atoms with E-state index in [4.69, 9.17) is 14.7 Å². The van der Waals surface area contributed by atoms with E-state index in [2.05, 4.69) is 10.1 Å². The van der Waals surface area contributed by atoms with Gasteiger partial charge in [0.05, 0.1) is 25.2 Å². The van der Waals surface area contributed by atoms with Crippen molar-refractivity contribution in [2.24, 2.45) is 0 Å². The second-order valence-corrected chi connectivity index (χ2v) is 5.70. The average Bonchev–Trinajstić information content (AvgIpc) is 2.99. The second-order valence-electron chi connectivity index (χ2n) is 5.70. The fourth-order valence-corrected chi connectivity index (χ4v) is 2.74. The van der Waals surface area contributed by atoms with Crippen molar-refractivity contribution in [3.8, 4) is 17.6 Å². The predicted octanol–water partition coefficient (Wildman–Crippen LogP) is 1.67. The Bertz CT molecular complexity index is 1100. The molecule has 0 aliphatic rings. The number of nitrogens with zero attached hydrogens (tertiary/aromatic N) is 3. The van der Waals surface area contributed by atoms with E-state index in [9.17, 15) is 9.59 Å². The predicted molar refractivity (Wildman–Crippen MR) is 92.3 cm³/mol. The van der Waals surface area contributed by atoms with Gasteiger partial charge < -0.3 is 9.47 Å². The Morgan fingerprint density at radius 3 is 2.77 bits per heavy atom. The van der Waals surface area contributed by atoms with Crippen molar-refractivity contribution in [1.29, 1.82) is 5.26 Å². The van der Waals surface area contributed by atoms with Crippen LogP contribution < -0.4 is 15.0 Å². The Balaban J connectivity index is 1.88. The minimum atomic E-state index is -0.505. The summed E-state index contributed by atoms with van der Waals surface area (Å²) in [6, 6.07) is 7.94. The van der Waals surface area contributed by atoms with E-state index < -0.39 is 5.97 Å². The smallest absolute Gasteiger partial charge is 0.315 e. The van der Waals surface area contributed by atoms with Crippen LogP contribution in [-0.4, -0.2) is 27.7 Å². The zero-order chi connectivity index (χ0) is 18.8. The maximum atomic E-state index is 12.4. The zero-order valence-corrected chi connectivity index (χ0v) is 14.5. The van der Waals surface area contributed by atoms with Crippen LogP contribution in [0.15, 0.2) is 29.1 Å². The van der Waals surface area contributed by atoms with Crippen LogP contribution >= 0.6 is 0 Å². The summed E-state index contributed by atoms with van der Waals surface area (Å²) in [6.07, 6.45) is -0.0238. The number of fused-ring (bicyclic) bond motifs is 1. The number of carbonyl (C=O) groups is 1. The molecule has 0 fully saturated rings. The minimum absolute atomic E-state index is 0.0238. The lowest BCUT2D eigenvalue weighted by atomic mass is 10.1. The molecule has 0 aliphatic carbocycles. The number of benzene rings is 1. The number of aryl methyl sites for hydroxylation is 2. The number of aromatic amines is 1. The number of hydrogen-bond donors (Lipinski definition) is 1. The Hall–Kier alpha value is -3.60. The van der Waals surface area contributed by atoms with Gasteiger partial charge in [-0.25, -0.2) is 9.50 Å². The summed E-state index contributed by atoms with van der Waals surface area (Å²) in [5.41, 5.74) is 2.66. The van der Waals surface area contributed by atoms with Gasteiger partial charge in [-0.3, -0.25) is 14.7 Å². The average molecular weight is 352 g/mol. The summed E-state index contributed by atoms with van der Waals surface area (Å²) in [7, 11) is 1.43. The first kappa shape index (κ1) is 17.2. The summed E-state index contributed by atoms with van der Waals surface area (Å²) in [4.78, 5) is 28.2. The number of methoxy groups -OCH3 is 1. The highest BCUT2D eigenvalue weighted by atomic mass is 16.6. The lowest BCUT2D eigenvalue weighted by Crippen LogP contribution is -2.16. The summed E-state index contributed by atoms with van der Waals surface area (Å²) >= 11 is 0. The minimum Gasteiger partial charge on any atom is -0.493 e. The molecule has 3 aromatic rings. The van der Waals surface area contributed by atoms with Crippen molar-refractivity contribution in [1.82, 2.24) is 14.6 Å². The van der Waals surface area contributed by atoms with Crippen LogP contribution in [0.1, 0.15) is 22.5 Å². The first-order valence-corrected chi connectivity index (χ1v) is 7.79. The molecule has 3 rings (SSSR count). The molecule has 0 saturated heterocycles. The number of H-pyrrole nitrogens is 1. The van der Waals surface area contributed by atoms with Crippen LogP contribution in [0, 0.1) is 25.2 Å². The molecular weight excluding hydrogens is 336 g/mol. The van der Waals surface area contributed by atoms with Crippen LogP contribution in [-0.2, 0) is 11.2 Å². The van der Waals surface area contributed by atoms with Crippen molar-refractivity contribution in [3.63, 3.8) is 0 Å². The van der Waals surface area contributed by atoms with Crippen molar-refractivity contribution in [3.05, 3.63) is 57.1 Å². The number of rotatable bonds is 4. The first-order chi connectivity index (χ1) is 12.4. The SMILES string of the molecule is COc1cc(C#N)ccc1OC(=O)Cc1c(C)nc2cc(=O)[nH]n2c1C. The van der Waals surface area contributed by atoms with Crippen LogP contribution in [0.5, 0.6) is 11.5 Å².